The van der Waals surface area contributed by atoms with Gasteiger partial charge in [-0.05, 0) is 24.8 Å². The van der Waals surface area contributed by atoms with E-state index in [4.69, 9.17) is 5.11 Å². The molecule has 0 fully saturated rings. The van der Waals surface area contributed by atoms with E-state index in [1.807, 2.05) is 24.9 Å². The molecule has 0 aliphatic heterocycles. The van der Waals surface area contributed by atoms with Gasteiger partial charge in [0.15, 0.2) is 5.65 Å². The highest BCUT2D eigenvalue weighted by Crippen LogP contribution is 2.22. The Labute approximate surface area is 137 Å². The first-order chi connectivity index (χ1) is 10.7. The molecule has 126 valence electrons. The maximum Gasteiger partial charge on any atom is 0.254 e. The summed E-state index contributed by atoms with van der Waals surface area (Å²) in [5.74, 6) is -0.0307. The van der Waals surface area contributed by atoms with Crippen LogP contribution >= 0.6 is 0 Å². The Morgan fingerprint density at radius 1 is 1.39 bits per heavy atom. The third-order valence-electron chi connectivity index (χ3n) is 3.60. The summed E-state index contributed by atoms with van der Waals surface area (Å²) >= 11 is 0. The molecule has 2 heterocycles. The van der Waals surface area contributed by atoms with Crippen LogP contribution in [0.3, 0.4) is 0 Å². The average Bonchev–Trinajstić information content (AvgIpc) is 2.82. The van der Waals surface area contributed by atoms with E-state index in [-0.39, 0.29) is 17.9 Å². The molecule has 6 nitrogen and oxygen atoms in total. The first-order valence-corrected chi connectivity index (χ1v) is 7.92. The van der Waals surface area contributed by atoms with Gasteiger partial charge >= 0.3 is 0 Å². The van der Waals surface area contributed by atoms with Gasteiger partial charge < -0.3 is 10.0 Å². The fourth-order valence-electron chi connectivity index (χ4n) is 2.67. The number of carbonyl (C=O) groups excluding carboxylic acids is 1. The van der Waals surface area contributed by atoms with E-state index >= 15 is 0 Å². The number of hydrogen-bond acceptors (Lipinski definition) is 4. The molecule has 0 atom stereocenters. The van der Waals surface area contributed by atoms with Crippen molar-refractivity contribution in [2.45, 2.75) is 34.1 Å². The molecule has 0 aromatic carbocycles. The minimum atomic E-state index is -0.0307. The van der Waals surface area contributed by atoms with Crippen LogP contribution in [-0.4, -0.2) is 50.4 Å². The largest absolute Gasteiger partial charge is 0.396 e. The van der Waals surface area contributed by atoms with Crippen LogP contribution in [0, 0.1) is 12.3 Å². The normalized spacial score (nSPS) is 11.9. The summed E-state index contributed by atoms with van der Waals surface area (Å²) in [5.41, 5.74) is 2.12. The SMILES string of the molecule is Cc1cc(C(=O)N(CCCO)CC(C)(C)C)c2cnn(C)c2n1. The quantitative estimate of drug-likeness (QED) is 0.917. The summed E-state index contributed by atoms with van der Waals surface area (Å²) in [7, 11) is 1.82. The van der Waals surface area contributed by atoms with Crippen molar-refractivity contribution < 1.29 is 9.90 Å². The van der Waals surface area contributed by atoms with Crippen molar-refractivity contribution in [3.8, 4) is 0 Å². The second-order valence-electron chi connectivity index (χ2n) is 7.18. The third-order valence-corrected chi connectivity index (χ3v) is 3.60. The van der Waals surface area contributed by atoms with Crippen LogP contribution in [0.2, 0.25) is 0 Å². The number of fused-ring (bicyclic) bond motifs is 1. The van der Waals surface area contributed by atoms with Crippen LogP contribution < -0.4 is 0 Å². The molecular weight excluding hydrogens is 292 g/mol. The fraction of sp³-hybridized carbons (Fsp3) is 0.588. The molecule has 1 amide bonds. The first-order valence-electron chi connectivity index (χ1n) is 7.92. The lowest BCUT2D eigenvalue weighted by Crippen LogP contribution is -2.39. The molecule has 2 aromatic heterocycles. The maximum absolute atomic E-state index is 13.1. The second-order valence-corrected chi connectivity index (χ2v) is 7.18. The molecule has 1 N–H and O–H groups in total. The standard InChI is InChI=1S/C17H26N4O2/c1-12-9-13(14-10-18-20(5)15(14)19-12)16(23)21(7-6-8-22)11-17(2,3)4/h9-10,22H,6-8,11H2,1-5H3. The van der Waals surface area contributed by atoms with Gasteiger partial charge in [0, 0.05) is 32.4 Å². The number of nitrogens with zero attached hydrogens (tertiary/aromatic N) is 4. The number of amides is 1. The molecule has 0 unspecified atom stereocenters. The average molecular weight is 318 g/mol. The van der Waals surface area contributed by atoms with E-state index in [9.17, 15) is 4.79 Å². The van der Waals surface area contributed by atoms with Crippen LogP contribution in [0.4, 0.5) is 0 Å². The van der Waals surface area contributed by atoms with Gasteiger partial charge in [0.1, 0.15) is 0 Å². The minimum Gasteiger partial charge on any atom is -0.396 e. The van der Waals surface area contributed by atoms with Crippen molar-refractivity contribution in [2.75, 3.05) is 19.7 Å². The topological polar surface area (TPSA) is 71.2 Å². The van der Waals surface area contributed by atoms with Crippen LogP contribution in [0.5, 0.6) is 0 Å². The van der Waals surface area contributed by atoms with Crippen LogP contribution in [0.25, 0.3) is 11.0 Å². The smallest absolute Gasteiger partial charge is 0.254 e. The highest BCUT2D eigenvalue weighted by molar-refractivity contribution is 6.05. The lowest BCUT2D eigenvalue weighted by atomic mass is 9.95. The number of aliphatic hydroxyl groups is 1. The van der Waals surface area contributed by atoms with Gasteiger partial charge in [-0.2, -0.15) is 5.10 Å². The van der Waals surface area contributed by atoms with Crippen molar-refractivity contribution in [2.24, 2.45) is 12.5 Å². The molecule has 0 saturated carbocycles. The lowest BCUT2D eigenvalue weighted by Gasteiger charge is -2.30. The van der Waals surface area contributed by atoms with Gasteiger partial charge in [0.25, 0.3) is 5.91 Å². The van der Waals surface area contributed by atoms with E-state index in [1.54, 1.807) is 10.9 Å². The van der Waals surface area contributed by atoms with Gasteiger partial charge in [0.2, 0.25) is 0 Å². The zero-order chi connectivity index (χ0) is 17.2. The Morgan fingerprint density at radius 2 is 2.09 bits per heavy atom. The number of aromatic nitrogens is 3. The molecule has 0 radical (unpaired) electrons. The van der Waals surface area contributed by atoms with Gasteiger partial charge in [-0.15, -0.1) is 0 Å². The second kappa shape index (κ2) is 6.66. The van der Waals surface area contributed by atoms with E-state index in [0.717, 1.165) is 11.1 Å². The van der Waals surface area contributed by atoms with E-state index < -0.39 is 0 Å². The third kappa shape index (κ3) is 4.07. The Hall–Kier alpha value is -1.95. The fourth-order valence-corrected chi connectivity index (χ4v) is 2.67. The summed E-state index contributed by atoms with van der Waals surface area (Å²) < 4.78 is 1.68. The summed E-state index contributed by atoms with van der Waals surface area (Å²) in [4.78, 5) is 19.4. The maximum atomic E-state index is 13.1. The molecule has 6 heteroatoms. The summed E-state index contributed by atoms with van der Waals surface area (Å²) in [5, 5.41) is 14.1. The van der Waals surface area contributed by atoms with Gasteiger partial charge in [0.05, 0.1) is 17.1 Å². The Morgan fingerprint density at radius 3 is 2.70 bits per heavy atom. The predicted molar refractivity (Wildman–Crippen MR) is 90.3 cm³/mol. The van der Waals surface area contributed by atoms with Crippen LogP contribution in [0.1, 0.15) is 43.2 Å². The lowest BCUT2D eigenvalue weighted by molar-refractivity contribution is 0.0684. The van der Waals surface area contributed by atoms with Gasteiger partial charge in [-0.3, -0.25) is 9.48 Å². The van der Waals surface area contributed by atoms with Crippen LogP contribution in [-0.2, 0) is 7.05 Å². The zero-order valence-electron chi connectivity index (χ0n) is 14.6. The molecule has 0 spiro atoms. The zero-order valence-corrected chi connectivity index (χ0v) is 14.6. The molecule has 0 aliphatic carbocycles. The Bertz CT molecular complexity index is 700. The monoisotopic (exact) mass is 318 g/mol. The number of carbonyl (C=O) groups is 1. The molecule has 23 heavy (non-hydrogen) atoms. The summed E-state index contributed by atoms with van der Waals surface area (Å²) in [6.07, 6.45) is 2.26. The predicted octanol–water partition coefficient (Wildman–Crippen LogP) is 2.15. The summed E-state index contributed by atoms with van der Waals surface area (Å²) in [6.45, 7) is 9.43. The van der Waals surface area contributed by atoms with E-state index in [0.29, 0.717) is 30.7 Å². The Balaban J connectivity index is 2.43. The summed E-state index contributed by atoms with van der Waals surface area (Å²) in [6, 6.07) is 1.82. The molecule has 2 rings (SSSR count). The van der Waals surface area contributed by atoms with Crippen molar-refractivity contribution in [1.29, 1.82) is 0 Å². The van der Waals surface area contributed by atoms with Crippen molar-refractivity contribution >= 4 is 16.9 Å². The van der Waals surface area contributed by atoms with E-state index in [2.05, 4.69) is 30.9 Å². The number of pyridine rings is 1. The highest BCUT2D eigenvalue weighted by Gasteiger charge is 2.24. The number of rotatable bonds is 5. The van der Waals surface area contributed by atoms with Crippen molar-refractivity contribution in [3.05, 3.63) is 23.5 Å². The van der Waals surface area contributed by atoms with Gasteiger partial charge in [-0.25, -0.2) is 4.98 Å². The number of aryl methyl sites for hydroxylation is 2. The van der Waals surface area contributed by atoms with Crippen LogP contribution in [0.15, 0.2) is 12.3 Å². The molecule has 0 bridgehead atoms. The molecule has 2 aromatic rings. The number of hydrogen-bond donors (Lipinski definition) is 1. The molecule has 0 aliphatic rings. The van der Waals surface area contributed by atoms with E-state index in [1.165, 1.54) is 0 Å². The Kier molecular flexibility index (Phi) is 5.04. The van der Waals surface area contributed by atoms with Crippen molar-refractivity contribution in [1.82, 2.24) is 19.7 Å². The van der Waals surface area contributed by atoms with Gasteiger partial charge in [-0.1, -0.05) is 20.8 Å². The number of aliphatic hydroxyl groups excluding tert-OH is 1. The highest BCUT2D eigenvalue weighted by atomic mass is 16.3. The molecule has 0 saturated heterocycles. The molecular formula is C17H26N4O2. The minimum absolute atomic E-state index is 0.0127. The first kappa shape index (κ1) is 17.4. The van der Waals surface area contributed by atoms with Crippen molar-refractivity contribution in [3.63, 3.8) is 0 Å².